The van der Waals surface area contributed by atoms with E-state index in [2.05, 4.69) is 25.2 Å². The van der Waals surface area contributed by atoms with Crippen LogP contribution >= 0.6 is 11.6 Å². The summed E-state index contributed by atoms with van der Waals surface area (Å²) < 4.78 is 1.73. The lowest BCUT2D eigenvalue weighted by atomic mass is 10.2. The number of nitrogens with zero attached hydrogens (tertiary/aromatic N) is 7. The lowest BCUT2D eigenvalue weighted by molar-refractivity contribution is -0.131. The highest BCUT2D eigenvalue weighted by atomic mass is 35.5. The molecule has 2 aromatic heterocycles. The molecule has 146 valence electrons. The smallest absolute Gasteiger partial charge is 0.222 e. The molecule has 0 aliphatic carbocycles. The van der Waals surface area contributed by atoms with Crippen LogP contribution in [0.15, 0.2) is 30.6 Å². The van der Waals surface area contributed by atoms with E-state index in [1.54, 1.807) is 11.0 Å². The molecule has 1 aliphatic rings. The van der Waals surface area contributed by atoms with Gasteiger partial charge >= 0.3 is 0 Å². The highest BCUT2D eigenvalue weighted by Crippen LogP contribution is 2.23. The number of rotatable bonds is 5. The Morgan fingerprint density at radius 3 is 2.57 bits per heavy atom. The number of amides is 1. The molecule has 1 fully saturated rings. The largest absolute Gasteiger partial charge is 0.351 e. The number of aryl methyl sites for hydroxylation is 1. The van der Waals surface area contributed by atoms with Gasteiger partial charge in [0.2, 0.25) is 5.91 Å². The molecule has 0 N–H and O–H groups in total. The zero-order valence-electron chi connectivity index (χ0n) is 15.8. The van der Waals surface area contributed by atoms with Crippen LogP contribution in [0.2, 0.25) is 0 Å². The molecule has 0 unspecified atom stereocenters. The maximum absolute atomic E-state index is 12.2. The number of carbonyl (C=O) groups is 1. The van der Waals surface area contributed by atoms with Crippen LogP contribution < -0.4 is 4.90 Å². The summed E-state index contributed by atoms with van der Waals surface area (Å²) >= 11 is 5.69. The second kappa shape index (κ2) is 8.10. The molecule has 0 saturated carbocycles. The molecule has 0 bridgehead atoms. The standard InChI is InChI=1S/C19H22ClN7O/c1-14-4-6-15(7-5-14)27-19-17(23-24-27)18(21-13-22-19)26-11-9-25(10-12-26)16(28)3-2-8-20/h4-7,13H,2-3,8-12H2,1H3. The van der Waals surface area contributed by atoms with Crippen molar-refractivity contribution in [3.8, 4) is 5.69 Å². The topological polar surface area (TPSA) is 80.0 Å². The van der Waals surface area contributed by atoms with E-state index in [1.165, 1.54) is 5.56 Å². The van der Waals surface area contributed by atoms with E-state index < -0.39 is 0 Å². The van der Waals surface area contributed by atoms with Gasteiger partial charge in [-0.05, 0) is 25.5 Å². The van der Waals surface area contributed by atoms with Crippen molar-refractivity contribution in [2.45, 2.75) is 19.8 Å². The van der Waals surface area contributed by atoms with Crippen molar-refractivity contribution in [3.05, 3.63) is 36.2 Å². The molecule has 3 aromatic rings. The molecule has 0 spiro atoms. The van der Waals surface area contributed by atoms with E-state index in [-0.39, 0.29) is 5.91 Å². The number of hydrogen-bond donors (Lipinski definition) is 0. The number of piperazine rings is 1. The van der Waals surface area contributed by atoms with Crippen LogP contribution in [0.5, 0.6) is 0 Å². The Labute approximate surface area is 168 Å². The number of hydrogen-bond acceptors (Lipinski definition) is 6. The van der Waals surface area contributed by atoms with E-state index in [9.17, 15) is 4.79 Å². The average molecular weight is 400 g/mol. The molecule has 1 aliphatic heterocycles. The van der Waals surface area contributed by atoms with Gasteiger partial charge in [-0.25, -0.2) is 9.97 Å². The molecule has 0 atom stereocenters. The molecular weight excluding hydrogens is 378 g/mol. The highest BCUT2D eigenvalue weighted by molar-refractivity contribution is 6.17. The Bertz CT molecular complexity index is 964. The predicted octanol–water partition coefficient (Wildman–Crippen LogP) is 2.19. The number of alkyl halides is 1. The molecule has 28 heavy (non-hydrogen) atoms. The highest BCUT2D eigenvalue weighted by Gasteiger charge is 2.24. The van der Waals surface area contributed by atoms with Gasteiger partial charge in [0.25, 0.3) is 0 Å². The Morgan fingerprint density at radius 2 is 1.86 bits per heavy atom. The zero-order valence-corrected chi connectivity index (χ0v) is 16.5. The fraction of sp³-hybridized carbons (Fsp3) is 0.421. The molecule has 1 amide bonds. The number of benzene rings is 1. The average Bonchev–Trinajstić information content (AvgIpc) is 3.17. The number of aromatic nitrogens is 5. The predicted molar refractivity (Wildman–Crippen MR) is 108 cm³/mol. The van der Waals surface area contributed by atoms with Crippen LogP contribution in [0.3, 0.4) is 0 Å². The van der Waals surface area contributed by atoms with E-state index >= 15 is 0 Å². The van der Waals surface area contributed by atoms with Crippen molar-refractivity contribution < 1.29 is 4.79 Å². The summed E-state index contributed by atoms with van der Waals surface area (Å²) in [4.78, 5) is 25.1. The van der Waals surface area contributed by atoms with Crippen LogP contribution in [0.4, 0.5) is 5.82 Å². The maximum Gasteiger partial charge on any atom is 0.222 e. The number of halogens is 1. The lowest BCUT2D eigenvalue weighted by Gasteiger charge is -2.35. The summed E-state index contributed by atoms with van der Waals surface area (Å²) in [6, 6.07) is 8.06. The van der Waals surface area contributed by atoms with Gasteiger partial charge in [0.05, 0.1) is 5.69 Å². The van der Waals surface area contributed by atoms with Gasteiger partial charge in [0.1, 0.15) is 6.33 Å². The summed E-state index contributed by atoms with van der Waals surface area (Å²) in [5, 5.41) is 8.63. The van der Waals surface area contributed by atoms with Gasteiger partial charge in [0, 0.05) is 38.5 Å². The Morgan fingerprint density at radius 1 is 1.11 bits per heavy atom. The normalized spacial score (nSPS) is 14.6. The second-order valence-electron chi connectivity index (χ2n) is 6.87. The second-order valence-corrected chi connectivity index (χ2v) is 7.24. The van der Waals surface area contributed by atoms with E-state index in [1.807, 2.05) is 36.1 Å². The molecular formula is C19H22ClN7O. The first-order chi connectivity index (χ1) is 13.7. The van der Waals surface area contributed by atoms with Crippen LogP contribution in [0.1, 0.15) is 18.4 Å². The molecule has 8 nitrogen and oxygen atoms in total. The number of anilines is 1. The summed E-state index contributed by atoms with van der Waals surface area (Å²) in [6.07, 6.45) is 2.77. The van der Waals surface area contributed by atoms with Gasteiger partial charge in [-0.1, -0.05) is 22.9 Å². The third kappa shape index (κ3) is 3.64. The summed E-state index contributed by atoms with van der Waals surface area (Å²) in [5.74, 6) is 1.44. The van der Waals surface area contributed by atoms with Crippen LogP contribution in [-0.4, -0.2) is 67.8 Å². The summed E-state index contributed by atoms with van der Waals surface area (Å²) in [6.45, 7) is 4.78. The summed E-state index contributed by atoms with van der Waals surface area (Å²) in [7, 11) is 0. The maximum atomic E-state index is 12.2. The van der Waals surface area contributed by atoms with Crippen molar-refractivity contribution in [3.63, 3.8) is 0 Å². The first-order valence-corrected chi connectivity index (χ1v) is 9.93. The van der Waals surface area contributed by atoms with Gasteiger partial charge in [0.15, 0.2) is 17.0 Å². The fourth-order valence-electron chi connectivity index (χ4n) is 3.37. The molecule has 0 radical (unpaired) electrons. The minimum atomic E-state index is 0.165. The van der Waals surface area contributed by atoms with E-state index in [0.717, 1.165) is 17.9 Å². The molecule has 4 rings (SSSR count). The third-order valence-corrected chi connectivity index (χ3v) is 5.22. The van der Waals surface area contributed by atoms with Crippen molar-refractivity contribution in [2.24, 2.45) is 0 Å². The summed E-state index contributed by atoms with van der Waals surface area (Å²) in [5.41, 5.74) is 3.44. The van der Waals surface area contributed by atoms with Gasteiger partial charge < -0.3 is 9.80 Å². The monoisotopic (exact) mass is 399 g/mol. The van der Waals surface area contributed by atoms with Crippen LogP contribution in [0, 0.1) is 6.92 Å². The van der Waals surface area contributed by atoms with Gasteiger partial charge in [-0.3, -0.25) is 4.79 Å². The van der Waals surface area contributed by atoms with Gasteiger partial charge in [-0.15, -0.1) is 16.7 Å². The SMILES string of the molecule is Cc1ccc(-n2nnc3c(N4CCN(C(=O)CCCCl)CC4)ncnc32)cc1. The minimum Gasteiger partial charge on any atom is -0.351 e. The molecule has 1 saturated heterocycles. The van der Waals surface area contributed by atoms with Gasteiger partial charge in [-0.2, -0.15) is 4.68 Å². The molecule has 3 heterocycles. The van der Waals surface area contributed by atoms with Crippen molar-refractivity contribution in [2.75, 3.05) is 37.0 Å². The minimum absolute atomic E-state index is 0.165. The molecule has 9 heteroatoms. The van der Waals surface area contributed by atoms with Crippen molar-refractivity contribution in [1.29, 1.82) is 0 Å². The van der Waals surface area contributed by atoms with E-state index in [0.29, 0.717) is 49.6 Å². The Hall–Kier alpha value is -2.74. The van der Waals surface area contributed by atoms with Crippen molar-refractivity contribution in [1.82, 2.24) is 29.9 Å². The third-order valence-electron chi connectivity index (χ3n) is 4.95. The van der Waals surface area contributed by atoms with Crippen molar-refractivity contribution >= 4 is 34.5 Å². The number of carbonyl (C=O) groups excluding carboxylic acids is 1. The quantitative estimate of drug-likeness (QED) is 0.612. The van der Waals surface area contributed by atoms with E-state index in [4.69, 9.17) is 11.6 Å². The number of fused-ring (bicyclic) bond motifs is 1. The first kappa shape index (κ1) is 18.6. The Balaban J connectivity index is 1.54. The Kier molecular flexibility index (Phi) is 5.38. The fourth-order valence-corrected chi connectivity index (χ4v) is 3.51. The first-order valence-electron chi connectivity index (χ1n) is 9.39. The zero-order chi connectivity index (χ0) is 19.5. The van der Waals surface area contributed by atoms with Crippen LogP contribution in [0.25, 0.3) is 16.9 Å². The van der Waals surface area contributed by atoms with Crippen LogP contribution in [-0.2, 0) is 4.79 Å². The lowest BCUT2D eigenvalue weighted by Crippen LogP contribution is -2.49. The molecule has 1 aromatic carbocycles.